The molecule has 2 rings (SSSR count). The Morgan fingerprint density at radius 1 is 1.06 bits per heavy atom. The van der Waals surface area contributed by atoms with Gasteiger partial charge in [0, 0.05) is 6.08 Å². The number of aromatic hydroxyl groups is 1. The fourth-order valence-corrected chi connectivity index (χ4v) is 3.75. The molecular weight excluding hydrogens is 396 g/mol. The van der Waals surface area contributed by atoms with Crippen LogP contribution in [0.2, 0.25) is 0 Å². The maximum absolute atomic E-state index is 11.8. The first-order valence-electron chi connectivity index (χ1n) is 11.2. The van der Waals surface area contributed by atoms with Crippen LogP contribution in [0.25, 0.3) is 6.08 Å². The Bertz CT molecular complexity index is 964. The molecule has 0 unspecified atom stereocenters. The second-order valence-electron chi connectivity index (χ2n) is 9.04. The van der Waals surface area contributed by atoms with E-state index in [4.69, 9.17) is 4.74 Å². The van der Waals surface area contributed by atoms with Crippen molar-refractivity contribution in [2.24, 2.45) is 5.41 Å². The van der Waals surface area contributed by atoms with Gasteiger partial charge >= 0.3 is 5.97 Å². The highest BCUT2D eigenvalue weighted by molar-refractivity contribution is 5.87. The summed E-state index contributed by atoms with van der Waals surface area (Å²) in [5, 5.41) is 9.27. The highest BCUT2D eigenvalue weighted by Crippen LogP contribution is 2.40. The Hall–Kier alpha value is -3.07. The number of ether oxygens (including phenoxy) is 1. The molecule has 3 nitrogen and oxygen atoms in total. The Morgan fingerprint density at radius 3 is 2.47 bits per heavy atom. The summed E-state index contributed by atoms with van der Waals surface area (Å²) in [4.78, 5) is 11.8. The van der Waals surface area contributed by atoms with E-state index in [1.165, 1.54) is 42.1 Å². The second-order valence-corrected chi connectivity index (χ2v) is 9.04. The van der Waals surface area contributed by atoms with Crippen LogP contribution in [0.1, 0.15) is 59.4 Å². The first-order valence-corrected chi connectivity index (χ1v) is 11.2. The number of phenolic OH excluding ortho intramolecular Hbond substituents is 1. The van der Waals surface area contributed by atoms with Gasteiger partial charge in [-0.1, -0.05) is 73.1 Å². The number of phenols is 1. The molecule has 0 aromatic heterocycles. The number of hydrogen-bond acceptors (Lipinski definition) is 3. The van der Waals surface area contributed by atoms with Crippen molar-refractivity contribution in [2.75, 3.05) is 6.61 Å². The maximum Gasteiger partial charge on any atom is 0.331 e. The van der Waals surface area contributed by atoms with Crippen molar-refractivity contribution >= 4 is 12.0 Å². The summed E-state index contributed by atoms with van der Waals surface area (Å²) in [6, 6.07) is 6.61. The van der Waals surface area contributed by atoms with E-state index in [1.54, 1.807) is 30.3 Å². The van der Waals surface area contributed by atoms with Gasteiger partial charge in [-0.25, -0.2) is 4.79 Å². The minimum absolute atomic E-state index is 0.195. The van der Waals surface area contributed by atoms with Crippen LogP contribution in [-0.2, 0) is 9.53 Å². The molecule has 0 amide bonds. The molecule has 0 aliphatic heterocycles. The van der Waals surface area contributed by atoms with Gasteiger partial charge in [0.1, 0.15) is 12.4 Å². The van der Waals surface area contributed by atoms with Crippen molar-refractivity contribution in [3.8, 4) is 5.75 Å². The molecule has 1 N–H and O–H groups in total. The number of hydrogen-bond donors (Lipinski definition) is 1. The van der Waals surface area contributed by atoms with Crippen molar-refractivity contribution in [2.45, 2.75) is 53.9 Å². The Morgan fingerprint density at radius 2 is 1.78 bits per heavy atom. The largest absolute Gasteiger partial charge is 0.508 e. The lowest BCUT2D eigenvalue weighted by Crippen LogP contribution is -2.19. The van der Waals surface area contributed by atoms with E-state index in [9.17, 15) is 9.90 Å². The van der Waals surface area contributed by atoms with Crippen LogP contribution in [0.5, 0.6) is 5.75 Å². The molecule has 1 aliphatic rings. The summed E-state index contributed by atoms with van der Waals surface area (Å²) in [5.74, 6) is -0.206. The van der Waals surface area contributed by atoms with E-state index in [0.717, 1.165) is 11.1 Å². The number of carbonyl (C=O) groups is 1. The zero-order chi connectivity index (χ0) is 23.6. The van der Waals surface area contributed by atoms with Gasteiger partial charge in [0.2, 0.25) is 0 Å². The standard InChI is InChI=1S/C29H36O3/c1-22(11-17-27-24(3)10-7-20-29(27,4)5)8-6-9-23(2)19-21-32-28(31)18-14-25-12-15-26(30)16-13-25/h6,8-9,11-19,30H,7,10,20-21H2,1-5H3/b9-6+,17-11+,18-14+,22-8+,23-19+. The molecule has 1 aromatic rings. The van der Waals surface area contributed by atoms with Crippen molar-refractivity contribution in [3.63, 3.8) is 0 Å². The van der Waals surface area contributed by atoms with Gasteiger partial charge in [-0.2, -0.15) is 0 Å². The lowest BCUT2D eigenvalue weighted by Gasteiger charge is -2.32. The third-order valence-electron chi connectivity index (χ3n) is 5.71. The van der Waals surface area contributed by atoms with Crippen LogP contribution in [-0.4, -0.2) is 17.7 Å². The highest BCUT2D eigenvalue weighted by atomic mass is 16.5. The number of esters is 1. The molecule has 1 aliphatic carbocycles. The average molecular weight is 433 g/mol. The van der Waals surface area contributed by atoms with Crippen LogP contribution in [0.4, 0.5) is 0 Å². The minimum Gasteiger partial charge on any atom is -0.508 e. The number of benzene rings is 1. The highest BCUT2D eigenvalue weighted by Gasteiger charge is 2.26. The van der Waals surface area contributed by atoms with Crippen LogP contribution >= 0.6 is 0 Å². The second kappa shape index (κ2) is 12.1. The third-order valence-corrected chi connectivity index (χ3v) is 5.71. The predicted molar refractivity (Wildman–Crippen MR) is 134 cm³/mol. The number of allylic oxidation sites excluding steroid dienone is 9. The van der Waals surface area contributed by atoms with E-state index in [2.05, 4.69) is 45.9 Å². The molecule has 3 heteroatoms. The molecule has 0 bridgehead atoms. The van der Waals surface area contributed by atoms with Gasteiger partial charge in [0.05, 0.1) is 0 Å². The fraction of sp³-hybridized carbons (Fsp3) is 0.345. The monoisotopic (exact) mass is 432 g/mol. The van der Waals surface area contributed by atoms with E-state index in [1.807, 2.05) is 25.2 Å². The van der Waals surface area contributed by atoms with Gasteiger partial charge in [-0.3, -0.25) is 0 Å². The first kappa shape index (κ1) is 25.2. The zero-order valence-electron chi connectivity index (χ0n) is 20.0. The predicted octanol–water partition coefficient (Wildman–Crippen LogP) is 7.48. The Kier molecular flexibility index (Phi) is 9.52. The van der Waals surface area contributed by atoms with Gasteiger partial charge in [0.25, 0.3) is 0 Å². The minimum atomic E-state index is -0.401. The van der Waals surface area contributed by atoms with Crippen molar-refractivity contribution in [3.05, 3.63) is 94.7 Å². The van der Waals surface area contributed by atoms with E-state index in [0.29, 0.717) is 0 Å². The molecule has 0 radical (unpaired) electrons. The zero-order valence-corrected chi connectivity index (χ0v) is 20.0. The fourth-order valence-electron chi connectivity index (χ4n) is 3.75. The first-order chi connectivity index (χ1) is 15.2. The molecule has 0 atom stereocenters. The van der Waals surface area contributed by atoms with Crippen LogP contribution in [0, 0.1) is 5.41 Å². The molecule has 0 spiro atoms. The average Bonchev–Trinajstić information content (AvgIpc) is 2.72. The van der Waals surface area contributed by atoms with Gasteiger partial charge in [0.15, 0.2) is 0 Å². The van der Waals surface area contributed by atoms with Gasteiger partial charge < -0.3 is 9.84 Å². The molecule has 0 saturated carbocycles. The quantitative estimate of drug-likeness (QED) is 0.263. The van der Waals surface area contributed by atoms with Crippen molar-refractivity contribution < 1.29 is 14.6 Å². The van der Waals surface area contributed by atoms with Crippen molar-refractivity contribution in [1.29, 1.82) is 0 Å². The lowest BCUT2D eigenvalue weighted by molar-refractivity contribution is -0.136. The number of rotatable bonds is 8. The summed E-state index contributed by atoms with van der Waals surface area (Å²) in [6.07, 6.45) is 19.2. The molecule has 0 fully saturated rings. The molecular formula is C29H36O3. The van der Waals surface area contributed by atoms with E-state index >= 15 is 0 Å². The lowest BCUT2D eigenvalue weighted by atomic mass is 9.72. The maximum atomic E-state index is 11.8. The molecule has 170 valence electrons. The smallest absolute Gasteiger partial charge is 0.331 e. The molecule has 1 aromatic carbocycles. The van der Waals surface area contributed by atoms with Gasteiger partial charge in [-0.15, -0.1) is 0 Å². The summed E-state index contributed by atoms with van der Waals surface area (Å²) in [5.41, 5.74) is 6.28. The Labute approximate surface area is 193 Å². The summed E-state index contributed by atoms with van der Waals surface area (Å²) >= 11 is 0. The topological polar surface area (TPSA) is 46.5 Å². The van der Waals surface area contributed by atoms with E-state index in [-0.39, 0.29) is 17.8 Å². The summed E-state index contributed by atoms with van der Waals surface area (Å²) < 4.78 is 5.20. The third kappa shape index (κ3) is 8.58. The van der Waals surface area contributed by atoms with E-state index < -0.39 is 5.97 Å². The summed E-state index contributed by atoms with van der Waals surface area (Å²) in [6.45, 7) is 11.2. The summed E-state index contributed by atoms with van der Waals surface area (Å²) in [7, 11) is 0. The molecule has 0 saturated heterocycles. The molecule has 32 heavy (non-hydrogen) atoms. The van der Waals surface area contributed by atoms with Crippen LogP contribution < -0.4 is 0 Å². The van der Waals surface area contributed by atoms with Gasteiger partial charge in [-0.05, 0) is 80.9 Å². The normalized spacial score (nSPS) is 17.7. The molecule has 0 heterocycles. The SMILES string of the molecule is CC1=C(/C=C/C(C)=C/C=C/C(C)=C/COC(=O)/C=C/c2ccc(O)cc2)C(C)(C)CCC1. The van der Waals surface area contributed by atoms with Crippen LogP contribution in [0.3, 0.4) is 0 Å². The number of carbonyl (C=O) groups excluding carboxylic acids is 1. The van der Waals surface area contributed by atoms with Crippen LogP contribution in [0.15, 0.2) is 89.1 Å². The van der Waals surface area contributed by atoms with Crippen molar-refractivity contribution in [1.82, 2.24) is 0 Å². The Balaban J connectivity index is 1.82.